The van der Waals surface area contributed by atoms with Crippen LogP contribution in [0.2, 0.25) is 0 Å². The van der Waals surface area contributed by atoms with Gasteiger partial charge in [-0.25, -0.2) is 4.79 Å². The van der Waals surface area contributed by atoms with Crippen LogP contribution in [0.1, 0.15) is 19.3 Å². The van der Waals surface area contributed by atoms with Crippen molar-refractivity contribution < 1.29 is 19.4 Å². The van der Waals surface area contributed by atoms with Crippen molar-refractivity contribution in [3.8, 4) is 0 Å². The van der Waals surface area contributed by atoms with Crippen LogP contribution in [0.25, 0.3) is 0 Å². The third-order valence-corrected chi connectivity index (χ3v) is 1.96. The number of hydrogen-bond acceptors (Lipinski definition) is 3. The van der Waals surface area contributed by atoms with E-state index in [1.54, 1.807) is 0 Å². The number of carboxylic acid groups (broad SMARTS) is 1. The number of aliphatic carboxylic acids is 1. The Balaban J connectivity index is 2.17. The predicted octanol–water partition coefficient (Wildman–Crippen LogP) is -0.244. The molecule has 1 aliphatic rings. The highest BCUT2D eigenvalue weighted by Crippen LogP contribution is 2.11. The Bertz CT molecular complexity index is 198. The molecular weight excluding hydrogens is 174 g/mol. The summed E-state index contributed by atoms with van der Waals surface area (Å²) < 4.78 is 5.30. The van der Waals surface area contributed by atoms with Crippen LogP contribution in [0, 0.1) is 0 Å². The van der Waals surface area contributed by atoms with E-state index in [2.05, 4.69) is 5.32 Å². The first-order valence-corrected chi connectivity index (χ1v) is 4.33. The minimum atomic E-state index is -1.45. The summed E-state index contributed by atoms with van der Waals surface area (Å²) in [6, 6.07) is 0. The fourth-order valence-corrected chi connectivity index (χ4v) is 1.25. The molecule has 0 saturated carbocycles. The van der Waals surface area contributed by atoms with Gasteiger partial charge in [0.1, 0.15) is 0 Å². The van der Waals surface area contributed by atoms with Crippen molar-refractivity contribution in [2.45, 2.75) is 25.4 Å². The van der Waals surface area contributed by atoms with Crippen LogP contribution in [0.5, 0.6) is 0 Å². The van der Waals surface area contributed by atoms with Gasteiger partial charge in [-0.3, -0.25) is 4.79 Å². The fourth-order valence-electron chi connectivity index (χ4n) is 1.25. The highest BCUT2D eigenvalue weighted by atomic mass is 16.5. The van der Waals surface area contributed by atoms with Gasteiger partial charge >= 0.3 is 11.9 Å². The van der Waals surface area contributed by atoms with Crippen LogP contribution < -0.4 is 5.32 Å². The Morgan fingerprint density at radius 3 is 2.77 bits per heavy atom. The zero-order valence-corrected chi connectivity index (χ0v) is 7.28. The fraction of sp³-hybridized carbons (Fsp3) is 0.750. The number of hydrogen-bond donors (Lipinski definition) is 2. The first-order valence-electron chi connectivity index (χ1n) is 4.33. The molecule has 13 heavy (non-hydrogen) atoms. The summed E-state index contributed by atoms with van der Waals surface area (Å²) in [5.41, 5.74) is 0. The number of carboxylic acids is 1. The topological polar surface area (TPSA) is 75.6 Å². The lowest BCUT2D eigenvalue weighted by molar-refractivity contribution is -0.150. The molecule has 1 rings (SSSR count). The molecule has 0 aromatic carbocycles. The van der Waals surface area contributed by atoms with E-state index in [-0.39, 0.29) is 6.10 Å². The van der Waals surface area contributed by atoms with E-state index in [0.29, 0.717) is 13.2 Å². The highest BCUT2D eigenvalue weighted by Gasteiger charge is 2.16. The third-order valence-electron chi connectivity index (χ3n) is 1.96. The van der Waals surface area contributed by atoms with Gasteiger partial charge in [0.05, 0.1) is 6.10 Å². The van der Waals surface area contributed by atoms with Gasteiger partial charge in [-0.1, -0.05) is 0 Å². The molecule has 74 valence electrons. The third kappa shape index (κ3) is 3.42. The van der Waals surface area contributed by atoms with Crippen LogP contribution >= 0.6 is 0 Å². The van der Waals surface area contributed by atoms with E-state index in [9.17, 15) is 9.59 Å². The van der Waals surface area contributed by atoms with Gasteiger partial charge in [0.25, 0.3) is 0 Å². The van der Waals surface area contributed by atoms with E-state index in [4.69, 9.17) is 9.84 Å². The first-order chi connectivity index (χ1) is 6.20. The van der Waals surface area contributed by atoms with Gasteiger partial charge in [-0.15, -0.1) is 0 Å². The number of ether oxygens (including phenoxy) is 1. The Morgan fingerprint density at radius 1 is 1.46 bits per heavy atom. The van der Waals surface area contributed by atoms with Crippen molar-refractivity contribution in [3.05, 3.63) is 0 Å². The van der Waals surface area contributed by atoms with Crippen LogP contribution in [-0.2, 0) is 14.3 Å². The van der Waals surface area contributed by atoms with Crippen LogP contribution in [0.3, 0.4) is 0 Å². The maximum absolute atomic E-state index is 10.6. The number of carbonyl (C=O) groups excluding carboxylic acids is 1. The molecule has 5 heteroatoms. The van der Waals surface area contributed by atoms with Gasteiger partial charge in [0.2, 0.25) is 0 Å². The SMILES string of the molecule is O=C(O)C(=O)NCC1CCCCO1. The maximum atomic E-state index is 10.6. The minimum absolute atomic E-state index is 0.0166. The molecule has 2 N–H and O–H groups in total. The van der Waals surface area contributed by atoms with Crippen molar-refractivity contribution in [1.82, 2.24) is 5.32 Å². The van der Waals surface area contributed by atoms with E-state index < -0.39 is 11.9 Å². The summed E-state index contributed by atoms with van der Waals surface area (Å²) in [4.78, 5) is 20.7. The standard InChI is InChI=1S/C8H13NO4/c10-7(8(11)12)9-5-6-3-1-2-4-13-6/h6H,1-5H2,(H,9,10)(H,11,12). The molecule has 1 unspecified atom stereocenters. The molecule has 0 bridgehead atoms. The van der Waals surface area contributed by atoms with E-state index in [0.717, 1.165) is 19.3 Å². The minimum Gasteiger partial charge on any atom is -0.474 e. The van der Waals surface area contributed by atoms with E-state index >= 15 is 0 Å². The van der Waals surface area contributed by atoms with Crippen LogP contribution in [-0.4, -0.2) is 36.2 Å². The molecule has 1 fully saturated rings. The molecule has 0 spiro atoms. The zero-order valence-electron chi connectivity index (χ0n) is 7.28. The first kappa shape index (κ1) is 9.98. The lowest BCUT2D eigenvalue weighted by atomic mass is 10.1. The van der Waals surface area contributed by atoms with Gasteiger partial charge in [0.15, 0.2) is 0 Å². The van der Waals surface area contributed by atoms with E-state index in [1.807, 2.05) is 0 Å². The van der Waals surface area contributed by atoms with Crippen molar-refractivity contribution in [1.29, 1.82) is 0 Å². The Kier molecular flexibility index (Phi) is 3.70. The molecule has 1 saturated heterocycles. The second-order valence-corrected chi connectivity index (χ2v) is 3.00. The number of amides is 1. The molecule has 1 amide bonds. The number of carbonyl (C=O) groups is 2. The average Bonchev–Trinajstić information content (AvgIpc) is 2.15. The summed E-state index contributed by atoms with van der Waals surface area (Å²) in [5, 5.41) is 10.5. The molecule has 0 aromatic heterocycles. The lowest BCUT2D eigenvalue weighted by Gasteiger charge is -2.22. The average molecular weight is 187 g/mol. The van der Waals surface area contributed by atoms with Crippen molar-refractivity contribution in [2.24, 2.45) is 0 Å². The Morgan fingerprint density at radius 2 is 2.23 bits per heavy atom. The van der Waals surface area contributed by atoms with Crippen LogP contribution in [0.4, 0.5) is 0 Å². The Labute approximate surface area is 76.1 Å². The summed E-state index contributed by atoms with van der Waals surface area (Å²) in [6.45, 7) is 0.999. The van der Waals surface area contributed by atoms with Crippen LogP contribution in [0.15, 0.2) is 0 Å². The second-order valence-electron chi connectivity index (χ2n) is 3.00. The maximum Gasteiger partial charge on any atom is 0.394 e. The molecule has 1 atom stereocenters. The molecule has 0 aliphatic carbocycles. The van der Waals surface area contributed by atoms with Gasteiger partial charge in [0, 0.05) is 13.2 Å². The second kappa shape index (κ2) is 4.81. The van der Waals surface area contributed by atoms with Crippen molar-refractivity contribution in [2.75, 3.05) is 13.2 Å². The summed E-state index contributed by atoms with van der Waals surface area (Å²) in [5.74, 6) is -2.41. The van der Waals surface area contributed by atoms with Crippen molar-refractivity contribution >= 4 is 11.9 Å². The van der Waals surface area contributed by atoms with E-state index in [1.165, 1.54) is 0 Å². The summed E-state index contributed by atoms with van der Waals surface area (Å²) >= 11 is 0. The Hall–Kier alpha value is -1.10. The molecule has 0 radical (unpaired) electrons. The van der Waals surface area contributed by atoms with Gasteiger partial charge in [-0.2, -0.15) is 0 Å². The molecule has 0 aromatic rings. The van der Waals surface area contributed by atoms with Gasteiger partial charge in [-0.05, 0) is 19.3 Å². The normalized spacial score (nSPS) is 22.3. The summed E-state index contributed by atoms with van der Waals surface area (Å²) in [7, 11) is 0. The highest BCUT2D eigenvalue weighted by molar-refractivity contribution is 6.31. The molecule has 1 heterocycles. The largest absolute Gasteiger partial charge is 0.474 e. The molecule has 5 nitrogen and oxygen atoms in total. The van der Waals surface area contributed by atoms with Gasteiger partial charge < -0.3 is 15.2 Å². The molecule has 1 aliphatic heterocycles. The smallest absolute Gasteiger partial charge is 0.394 e. The zero-order chi connectivity index (χ0) is 9.68. The summed E-state index contributed by atoms with van der Waals surface area (Å²) in [6.07, 6.45) is 2.99. The monoisotopic (exact) mass is 187 g/mol. The lowest BCUT2D eigenvalue weighted by Crippen LogP contribution is -2.38. The molecular formula is C8H13NO4. The number of nitrogens with one attached hydrogen (secondary N) is 1. The van der Waals surface area contributed by atoms with Crippen molar-refractivity contribution in [3.63, 3.8) is 0 Å². The predicted molar refractivity (Wildman–Crippen MR) is 44.2 cm³/mol. The number of rotatable bonds is 2. The quantitative estimate of drug-likeness (QED) is 0.585.